The summed E-state index contributed by atoms with van der Waals surface area (Å²) in [6.45, 7) is 9.18. The molecule has 0 aliphatic carbocycles. The van der Waals surface area contributed by atoms with Crippen molar-refractivity contribution in [3.05, 3.63) is 54.1 Å². The number of hydrogen-bond donors (Lipinski definition) is 0. The fraction of sp³-hybridized carbons (Fsp3) is 0.481. The number of aromatic nitrogens is 2. The Morgan fingerprint density at radius 1 is 1.00 bits per heavy atom. The number of nitrogens with zero attached hydrogens (tertiary/aromatic N) is 5. The van der Waals surface area contributed by atoms with Crippen LogP contribution in [0.1, 0.15) is 38.6 Å². The molecule has 2 fully saturated rings. The predicted molar refractivity (Wildman–Crippen MR) is 141 cm³/mol. The molecule has 5 rings (SSSR count). The van der Waals surface area contributed by atoms with Gasteiger partial charge in [-0.15, -0.1) is 0 Å². The zero-order valence-electron chi connectivity index (χ0n) is 21.2. The normalized spacial score (nSPS) is 19.9. The molecule has 7 nitrogen and oxygen atoms in total. The van der Waals surface area contributed by atoms with Crippen molar-refractivity contribution in [3.8, 4) is 5.75 Å². The Balaban J connectivity index is 1.32. The molecule has 2 atom stereocenters. The van der Waals surface area contributed by atoms with Crippen LogP contribution in [-0.2, 0) is 11.0 Å². The van der Waals surface area contributed by atoms with Gasteiger partial charge >= 0.3 is 0 Å². The fourth-order valence-corrected chi connectivity index (χ4v) is 6.17. The molecule has 2 unspecified atom stereocenters. The second kappa shape index (κ2) is 10.8. The summed E-state index contributed by atoms with van der Waals surface area (Å²) in [5, 5.41) is 0.778. The van der Waals surface area contributed by atoms with Crippen LogP contribution >= 0.6 is 0 Å². The quantitative estimate of drug-likeness (QED) is 0.489. The lowest BCUT2D eigenvalue weighted by atomic mass is 9.99. The maximum Gasteiger partial charge on any atom is 0.148 e. The number of hydrogen-bond acceptors (Lipinski definition) is 6. The maximum atomic E-state index is 14.1. The van der Waals surface area contributed by atoms with Gasteiger partial charge < -0.3 is 9.64 Å². The van der Waals surface area contributed by atoms with Gasteiger partial charge in [-0.2, -0.15) is 0 Å². The molecule has 2 aliphatic rings. The van der Waals surface area contributed by atoms with Gasteiger partial charge in [0.05, 0.1) is 23.6 Å². The fourth-order valence-electron chi connectivity index (χ4n) is 5.01. The molecule has 2 aromatic carbocycles. The summed E-state index contributed by atoms with van der Waals surface area (Å²) in [6, 6.07) is 12.2. The summed E-state index contributed by atoms with van der Waals surface area (Å²) < 4.78 is 34.4. The molecular weight excluding hydrogens is 477 g/mol. The second-order valence-corrected chi connectivity index (χ2v) is 11.3. The number of halogens is 1. The third-order valence-corrected chi connectivity index (χ3v) is 8.94. The SMILES string of the molecule is COc1ccc(S(=O)N2CCN(C(C)c3nc(N4CCC(C)CC4)c4cc(F)ccc4n3)CC2)cc1. The molecular formula is C27H34FN5O2S. The molecule has 2 saturated heterocycles. The summed E-state index contributed by atoms with van der Waals surface area (Å²) in [5.41, 5.74) is 0.779. The van der Waals surface area contributed by atoms with Gasteiger partial charge in [0, 0.05) is 44.7 Å². The van der Waals surface area contributed by atoms with Crippen LogP contribution in [0.25, 0.3) is 10.9 Å². The molecule has 0 N–H and O–H groups in total. The second-order valence-electron chi connectivity index (χ2n) is 9.80. The number of fused-ring (bicyclic) bond motifs is 1. The Morgan fingerprint density at radius 2 is 1.69 bits per heavy atom. The van der Waals surface area contributed by atoms with Gasteiger partial charge in [-0.25, -0.2) is 22.9 Å². The van der Waals surface area contributed by atoms with Gasteiger partial charge in [0.2, 0.25) is 0 Å². The Labute approximate surface area is 214 Å². The number of piperazine rings is 1. The van der Waals surface area contributed by atoms with Crippen molar-refractivity contribution < 1.29 is 13.3 Å². The number of methoxy groups -OCH3 is 1. The van der Waals surface area contributed by atoms with Crippen LogP contribution in [0.15, 0.2) is 47.4 Å². The average Bonchev–Trinajstić information content (AvgIpc) is 2.92. The lowest BCUT2D eigenvalue weighted by molar-refractivity contribution is 0.144. The number of rotatable bonds is 6. The first-order valence-corrected chi connectivity index (χ1v) is 13.8. The van der Waals surface area contributed by atoms with Crippen LogP contribution in [-0.4, -0.2) is 69.8 Å². The molecule has 192 valence electrons. The van der Waals surface area contributed by atoms with Gasteiger partial charge in [-0.05, 0) is 68.1 Å². The number of piperidine rings is 1. The van der Waals surface area contributed by atoms with E-state index < -0.39 is 11.0 Å². The van der Waals surface area contributed by atoms with Crippen molar-refractivity contribution in [3.63, 3.8) is 0 Å². The zero-order chi connectivity index (χ0) is 25.2. The zero-order valence-corrected chi connectivity index (χ0v) is 22.0. The van der Waals surface area contributed by atoms with E-state index in [1.807, 2.05) is 28.6 Å². The van der Waals surface area contributed by atoms with Crippen molar-refractivity contribution in [1.82, 2.24) is 19.2 Å². The van der Waals surface area contributed by atoms with E-state index in [2.05, 4.69) is 23.6 Å². The number of anilines is 1. The van der Waals surface area contributed by atoms with Gasteiger partial charge in [0.1, 0.15) is 34.2 Å². The minimum atomic E-state index is -1.21. The van der Waals surface area contributed by atoms with E-state index in [0.29, 0.717) is 19.0 Å². The van der Waals surface area contributed by atoms with Gasteiger partial charge in [0.25, 0.3) is 0 Å². The van der Waals surface area contributed by atoms with Crippen LogP contribution in [0, 0.1) is 11.7 Å². The van der Waals surface area contributed by atoms with E-state index in [1.165, 1.54) is 6.07 Å². The number of benzene rings is 2. The molecule has 2 aliphatic heterocycles. The van der Waals surface area contributed by atoms with Crippen LogP contribution in [0.2, 0.25) is 0 Å². The minimum absolute atomic E-state index is 0.00140. The lowest BCUT2D eigenvalue weighted by Crippen LogP contribution is -2.47. The monoisotopic (exact) mass is 511 g/mol. The first kappa shape index (κ1) is 25.0. The molecule has 36 heavy (non-hydrogen) atoms. The highest BCUT2D eigenvalue weighted by Crippen LogP contribution is 2.31. The van der Waals surface area contributed by atoms with Crippen LogP contribution in [0.4, 0.5) is 10.2 Å². The van der Waals surface area contributed by atoms with Crippen molar-refractivity contribution in [2.45, 2.75) is 37.6 Å². The van der Waals surface area contributed by atoms with E-state index in [0.717, 1.165) is 72.2 Å². The molecule has 0 spiro atoms. The molecule has 3 aromatic rings. The molecule has 0 bridgehead atoms. The highest BCUT2D eigenvalue weighted by molar-refractivity contribution is 7.82. The highest BCUT2D eigenvalue weighted by Gasteiger charge is 2.28. The standard InChI is InChI=1S/C27H34FN5O2S/c1-19-10-12-32(13-11-19)27-24-18-21(28)4-9-25(24)29-26(30-27)20(2)31-14-16-33(17-15-31)36(34)23-7-5-22(35-3)6-8-23/h4-9,18-20H,10-17H2,1-3H3. The Bertz CT molecular complexity index is 1220. The summed E-state index contributed by atoms with van der Waals surface area (Å²) >= 11 is 0. The lowest BCUT2D eigenvalue weighted by Gasteiger charge is -2.37. The van der Waals surface area contributed by atoms with E-state index >= 15 is 0 Å². The molecule has 9 heteroatoms. The third kappa shape index (κ3) is 5.23. The largest absolute Gasteiger partial charge is 0.497 e. The van der Waals surface area contributed by atoms with E-state index in [9.17, 15) is 8.60 Å². The summed E-state index contributed by atoms with van der Waals surface area (Å²) in [7, 11) is 0.419. The Kier molecular flexibility index (Phi) is 7.50. The first-order chi connectivity index (χ1) is 17.4. The smallest absolute Gasteiger partial charge is 0.148 e. The minimum Gasteiger partial charge on any atom is -0.497 e. The molecule has 0 amide bonds. The van der Waals surface area contributed by atoms with Crippen LogP contribution in [0.3, 0.4) is 0 Å². The van der Waals surface area contributed by atoms with Gasteiger partial charge in [0.15, 0.2) is 0 Å². The van der Waals surface area contributed by atoms with Crippen molar-refractivity contribution in [1.29, 1.82) is 0 Å². The maximum absolute atomic E-state index is 14.1. The molecule has 0 radical (unpaired) electrons. The Morgan fingerprint density at radius 3 is 2.36 bits per heavy atom. The van der Waals surface area contributed by atoms with Crippen LogP contribution < -0.4 is 9.64 Å². The van der Waals surface area contributed by atoms with Crippen molar-refractivity contribution in [2.24, 2.45) is 5.92 Å². The summed E-state index contributed by atoms with van der Waals surface area (Å²) in [5.74, 6) is 2.79. The molecule has 3 heterocycles. The van der Waals surface area contributed by atoms with Crippen molar-refractivity contribution >= 4 is 27.7 Å². The first-order valence-electron chi connectivity index (χ1n) is 12.7. The Hall–Kier alpha value is -2.62. The van der Waals surface area contributed by atoms with E-state index in [4.69, 9.17) is 14.7 Å². The van der Waals surface area contributed by atoms with Gasteiger partial charge in [-0.3, -0.25) is 4.90 Å². The number of ether oxygens (including phenoxy) is 1. The third-order valence-electron chi connectivity index (χ3n) is 7.43. The summed E-state index contributed by atoms with van der Waals surface area (Å²) in [4.78, 5) is 15.3. The molecule has 0 saturated carbocycles. The highest BCUT2D eigenvalue weighted by atomic mass is 32.2. The molecule has 1 aromatic heterocycles. The van der Waals surface area contributed by atoms with Crippen molar-refractivity contribution in [2.75, 3.05) is 51.3 Å². The predicted octanol–water partition coefficient (Wildman–Crippen LogP) is 4.42. The van der Waals surface area contributed by atoms with E-state index in [1.54, 1.807) is 19.2 Å². The average molecular weight is 512 g/mol. The summed E-state index contributed by atoms with van der Waals surface area (Å²) in [6.07, 6.45) is 2.22. The van der Waals surface area contributed by atoms with Crippen LogP contribution in [0.5, 0.6) is 5.75 Å². The van der Waals surface area contributed by atoms with Gasteiger partial charge in [-0.1, -0.05) is 6.92 Å². The topological polar surface area (TPSA) is 61.8 Å². The van der Waals surface area contributed by atoms with E-state index in [-0.39, 0.29) is 11.9 Å².